The molecular formula is C44H53FN6O10. The fourth-order valence-electron chi connectivity index (χ4n) is 7.97. The van der Waals surface area contributed by atoms with Crippen LogP contribution in [-0.4, -0.2) is 87.0 Å². The number of aliphatic hydroxyl groups is 1. The molecule has 5 amide bonds. The second-order valence-corrected chi connectivity index (χ2v) is 16.2. The van der Waals surface area contributed by atoms with E-state index in [1.54, 1.807) is 38.3 Å². The normalized spacial score (nSPS) is 17.6. The van der Waals surface area contributed by atoms with E-state index < -0.39 is 41.3 Å². The summed E-state index contributed by atoms with van der Waals surface area (Å²) < 4.78 is 27.6. The number of amides is 5. The summed E-state index contributed by atoms with van der Waals surface area (Å²) in [6, 6.07) is 3.15. The van der Waals surface area contributed by atoms with Crippen molar-refractivity contribution in [2.75, 3.05) is 19.9 Å². The number of carbonyl (C=O) groups excluding carboxylic acids is 6. The number of imide groups is 1. The molecule has 0 bridgehead atoms. The number of carbonyl (C=O) groups is 6. The molecule has 3 aliphatic rings. The van der Waals surface area contributed by atoms with Crippen LogP contribution >= 0.6 is 0 Å². The number of halogens is 1. The van der Waals surface area contributed by atoms with Crippen LogP contribution in [0.2, 0.25) is 0 Å². The molecule has 5 heterocycles. The molecule has 0 saturated carbocycles. The van der Waals surface area contributed by atoms with E-state index in [0.29, 0.717) is 67.6 Å². The molecule has 3 aliphatic heterocycles. The molecule has 0 aliphatic carbocycles. The minimum absolute atomic E-state index is 0.0230. The number of rotatable bonds is 19. The van der Waals surface area contributed by atoms with Gasteiger partial charge in [0.25, 0.3) is 17.4 Å². The molecule has 326 valence electrons. The third-order valence-electron chi connectivity index (χ3n) is 11.7. The summed E-state index contributed by atoms with van der Waals surface area (Å²) in [7, 11) is 0. The predicted octanol–water partition coefficient (Wildman–Crippen LogP) is 3.07. The lowest BCUT2D eigenvalue weighted by Crippen LogP contribution is -2.54. The van der Waals surface area contributed by atoms with E-state index in [4.69, 9.17) is 14.5 Å². The third-order valence-corrected chi connectivity index (χ3v) is 11.7. The Morgan fingerprint density at radius 1 is 0.984 bits per heavy atom. The second-order valence-electron chi connectivity index (χ2n) is 16.2. The first-order chi connectivity index (χ1) is 29.0. The number of cyclic esters (lactones) is 1. The zero-order valence-electron chi connectivity index (χ0n) is 35.2. The first-order valence-electron chi connectivity index (χ1n) is 20.8. The molecule has 2 aromatic heterocycles. The fraction of sp³-hybridized carbons (Fsp3) is 0.500. The van der Waals surface area contributed by atoms with Crippen molar-refractivity contribution >= 4 is 46.4 Å². The van der Waals surface area contributed by atoms with E-state index in [0.717, 1.165) is 21.4 Å². The highest BCUT2D eigenvalue weighted by atomic mass is 19.1. The largest absolute Gasteiger partial charge is 0.458 e. The summed E-state index contributed by atoms with van der Waals surface area (Å²) in [5, 5.41) is 20.0. The number of aromatic nitrogens is 2. The summed E-state index contributed by atoms with van der Waals surface area (Å²) in [6.45, 7) is 8.92. The molecule has 1 aromatic carbocycles. The van der Waals surface area contributed by atoms with Crippen molar-refractivity contribution in [3.05, 3.63) is 74.3 Å². The summed E-state index contributed by atoms with van der Waals surface area (Å²) >= 11 is 0. The molecule has 0 spiro atoms. The van der Waals surface area contributed by atoms with Crippen molar-refractivity contribution in [2.24, 2.45) is 5.92 Å². The molecule has 1 unspecified atom stereocenters. The molecular weight excluding hydrogens is 792 g/mol. The van der Waals surface area contributed by atoms with Crippen LogP contribution in [0.25, 0.3) is 22.3 Å². The number of esters is 1. The number of nitrogens with one attached hydrogen (secondary N) is 3. The molecule has 61 heavy (non-hydrogen) atoms. The lowest BCUT2D eigenvalue weighted by Gasteiger charge is -2.31. The number of benzene rings is 1. The van der Waals surface area contributed by atoms with Crippen LogP contribution < -0.4 is 21.5 Å². The maximum absolute atomic E-state index is 15.3. The monoisotopic (exact) mass is 844 g/mol. The Hall–Kier alpha value is -5.81. The molecule has 3 atom stereocenters. The average Bonchev–Trinajstić information content (AvgIpc) is 3.75. The van der Waals surface area contributed by atoms with Crippen LogP contribution in [0, 0.1) is 18.7 Å². The van der Waals surface area contributed by atoms with Gasteiger partial charge in [0, 0.05) is 54.3 Å². The number of fused-ring (bicyclic) bond motifs is 5. The van der Waals surface area contributed by atoms with Gasteiger partial charge in [-0.3, -0.25) is 33.7 Å². The molecule has 16 nitrogen and oxygen atoms in total. The highest BCUT2D eigenvalue weighted by Gasteiger charge is 2.45. The van der Waals surface area contributed by atoms with Crippen molar-refractivity contribution in [1.29, 1.82) is 0 Å². The van der Waals surface area contributed by atoms with Gasteiger partial charge in [-0.1, -0.05) is 27.2 Å². The summed E-state index contributed by atoms with van der Waals surface area (Å²) in [4.78, 5) is 93.8. The molecule has 17 heteroatoms. The average molecular weight is 845 g/mol. The first-order valence-corrected chi connectivity index (χ1v) is 20.8. The molecule has 3 aromatic rings. The lowest BCUT2D eigenvalue weighted by molar-refractivity contribution is -0.172. The Kier molecular flexibility index (Phi) is 13.8. The lowest BCUT2D eigenvalue weighted by atomic mass is 9.86. The fourth-order valence-corrected chi connectivity index (χ4v) is 7.97. The Morgan fingerprint density at radius 3 is 2.43 bits per heavy atom. The van der Waals surface area contributed by atoms with Crippen LogP contribution in [0.1, 0.15) is 100 Å². The molecule has 0 fully saturated rings. The summed E-state index contributed by atoms with van der Waals surface area (Å²) in [5.41, 5.74) is 1.49. The van der Waals surface area contributed by atoms with Gasteiger partial charge in [-0.25, -0.2) is 14.2 Å². The highest BCUT2D eigenvalue weighted by molar-refractivity contribution is 6.12. The zero-order chi connectivity index (χ0) is 44.2. The highest BCUT2D eigenvalue weighted by Crippen LogP contribution is 2.39. The number of pyridine rings is 2. The van der Waals surface area contributed by atoms with Crippen LogP contribution in [0.15, 0.2) is 35.1 Å². The molecule has 6 rings (SSSR count). The Bertz CT molecular complexity index is 2340. The number of ether oxygens (including phenoxy) is 2. The van der Waals surface area contributed by atoms with Crippen molar-refractivity contribution in [3.63, 3.8) is 0 Å². The topological polar surface area (TPSA) is 215 Å². The number of aryl methyl sites for hydroxylation is 1. The Labute approximate surface area is 352 Å². The van der Waals surface area contributed by atoms with Crippen molar-refractivity contribution < 1.29 is 47.7 Å². The Balaban J connectivity index is 0.950. The maximum atomic E-state index is 15.3. The predicted molar refractivity (Wildman–Crippen MR) is 220 cm³/mol. The van der Waals surface area contributed by atoms with E-state index in [9.17, 15) is 38.7 Å². The number of hydrogen-bond acceptors (Lipinski definition) is 11. The van der Waals surface area contributed by atoms with Crippen LogP contribution in [0.5, 0.6) is 0 Å². The summed E-state index contributed by atoms with van der Waals surface area (Å²) in [5.74, 6) is -3.45. The number of hydrogen-bond donors (Lipinski definition) is 4. The van der Waals surface area contributed by atoms with E-state index in [1.807, 2.05) is 6.07 Å². The van der Waals surface area contributed by atoms with Gasteiger partial charge in [-0.05, 0) is 81.5 Å². The van der Waals surface area contributed by atoms with E-state index in [1.165, 1.54) is 25.1 Å². The van der Waals surface area contributed by atoms with Crippen molar-refractivity contribution in [1.82, 2.24) is 30.4 Å². The van der Waals surface area contributed by atoms with Gasteiger partial charge < -0.3 is 35.1 Å². The third kappa shape index (κ3) is 9.42. The van der Waals surface area contributed by atoms with Crippen LogP contribution in [0.3, 0.4) is 0 Å². The van der Waals surface area contributed by atoms with Crippen LogP contribution in [-0.2, 0) is 63.4 Å². The van der Waals surface area contributed by atoms with Gasteiger partial charge in [-0.15, -0.1) is 0 Å². The van der Waals surface area contributed by atoms with E-state index in [2.05, 4.69) is 16.0 Å². The SMILES string of the molecule is CC[C@@]1(O)C(=O)OCc2c1cc1n(c2=O)Cc2cc3c(CCCCOCNC(=O)[C@H](C)NC(=O)C(NC(=O)CCCCCN4C(=O)C=CC4=O)C(C)C)c(C)c(F)cc3nc2-1. The minimum Gasteiger partial charge on any atom is -0.458 e. The zero-order valence-corrected chi connectivity index (χ0v) is 35.2. The van der Waals surface area contributed by atoms with E-state index >= 15 is 4.39 Å². The standard InChI is InChI=1S/C44H53FN6O10/c1-6-44(59)31-19-34-39-27(21-51(34)42(57)30(31)22-61-43(44)58)18-29-28(25(4)32(45)20-33(29)48-39)12-9-11-17-60-23-46-40(55)26(5)47-41(56)38(24(2)3)49-35(52)13-8-7-10-16-50-36(53)14-15-37(50)54/h14-15,18-20,24,26,38,59H,6-13,16-17,21-23H2,1-5H3,(H,46,55)(H,47,56)(H,49,52)/t26-,38?,44-/m0/s1. The van der Waals surface area contributed by atoms with Gasteiger partial charge in [-0.2, -0.15) is 0 Å². The molecule has 0 radical (unpaired) electrons. The van der Waals surface area contributed by atoms with Gasteiger partial charge in [0.1, 0.15) is 31.2 Å². The smallest absolute Gasteiger partial charge is 0.343 e. The number of unbranched alkanes of at least 4 members (excludes halogenated alkanes) is 3. The number of nitrogens with zero attached hydrogens (tertiary/aromatic N) is 3. The summed E-state index contributed by atoms with van der Waals surface area (Å²) in [6.07, 6.45) is 6.08. The van der Waals surface area contributed by atoms with Crippen LogP contribution in [0.4, 0.5) is 4.39 Å². The van der Waals surface area contributed by atoms with Crippen molar-refractivity contribution in [2.45, 2.75) is 117 Å². The maximum Gasteiger partial charge on any atom is 0.343 e. The molecule has 0 saturated heterocycles. The molecule has 4 N–H and O–H groups in total. The van der Waals surface area contributed by atoms with E-state index in [-0.39, 0.29) is 79.6 Å². The first kappa shape index (κ1) is 44.7. The second kappa shape index (κ2) is 18.8. The minimum atomic E-state index is -1.95. The van der Waals surface area contributed by atoms with Gasteiger partial charge in [0.2, 0.25) is 17.7 Å². The quantitative estimate of drug-likeness (QED) is 0.0466. The van der Waals surface area contributed by atoms with Crippen molar-refractivity contribution in [3.8, 4) is 11.4 Å². The van der Waals surface area contributed by atoms with Gasteiger partial charge in [0.15, 0.2) is 5.60 Å². The van der Waals surface area contributed by atoms with Gasteiger partial charge in [0.05, 0.1) is 29.0 Å². The van der Waals surface area contributed by atoms with Gasteiger partial charge >= 0.3 is 5.97 Å². The Morgan fingerprint density at radius 2 is 1.72 bits per heavy atom.